The molecular weight excluding hydrogens is 543 g/mol. The largest absolute Gasteiger partial charge is 0.494 e. The maximum atomic E-state index is 6.32. The summed E-state index contributed by atoms with van der Waals surface area (Å²) in [6.07, 6.45) is 5.21. The van der Waals surface area contributed by atoms with E-state index in [2.05, 4.69) is 140 Å². The maximum Gasteiger partial charge on any atom is 0.494 e. The monoisotopic (exact) mass is 580 g/mol. The minimum atomic E-state index is -2.54. The van der Waals surface area contributed by atoms with Crippen LogP contribution in [0.25, 0.3) is 0 Å². The van der Waals surface area contributed by atoms with Crippen LogP contribution in [0.15, 0.2) is 140 Å². The summed E-state index contributed by atoms with van der Waals surface area (Å²) >= 11 is 0. The number of rotatable bonds is 9. The number of hydrogen-bond donors (Lipinski definition) is 0. The molecule has 0 bridgehead atoms. The van der Waals surface area contributed by atoms with E-state index in [4.69, 9.17) is 14.0 Å². The van der Waals surface area contributed by atoms with Gasteiger partial charge >= 0.3 is 7.12 Å². The summed E-state index contributed by atoms with van der Waals surface area (Å²) in [7, 11) is -2.94. The van der Waals surface area contributed by atoms with Crippen molar-refractivity contribution in [1.29, 1.82) is 0 Å². The minimum Gasteiger partial charge on any atom is -0.491 e. The van der Waals surface area contributed by atoms with Crippen molar-refractivity contribution in [3.05, 3.63) is 145 Å². The quantitative estimate of drug-likeness (QED) is 0.183. The van der Waals surface area contributed by atoms with Crippen LogP contribution in [0, 0.1) is 0 Å². The smallest absolute Gasteiger partial charge is 0.491 e. The van der Waals surface area contributed by atoms with Gasteiger partial charge < -0.3 is 14.0 Å². The van der Waals surface area contributed by atoms with Gasteiger partial charge in [0.15, 0.2) is 8.07 Å². The SMILES string of the molecule is c1ccc([Si](c2ccccc2)(c2ccccc2)c2ccc(B3OCC(COc4ccc(C5CCCC5)cc4)O3)cc2)cc1. The van der Waals surface area contributed by atoms with Crippen LogP contribution >= 0.6 is 0 Å². The van der Waals surface area contributed by atoms with Gasteiger partial charge in [-0.05, 0) is 62.7 Å². The second kappa shape index (κ2) is 12.8. The van der Waals surface area contributed by atoms with Crippen LogP contribution < -0.4 is 30.9 Å². The zero-order valence-electron chi connectivity index (χ0n) is 24.5. The molecule has 1 aliphatic carbocycles. The lowest BCUT2D eigenvalue weighted by Crippen LogP contribution is -2.74. The van der Waals surface area contributed by atoms with Gasteiger partial charge in [-0.25, -0.2) is 0 Å². The Morgan fingerprint density at radius 1 is 0.605 bits per heavy atom. The van der Waals surface area contributed by atoms with Gasteiger partial charge in [0.05, 0.1) is 12.7 Å². The van der Waals surface area contributed by atoms with Gasteiger partial charge in [0.2, 0.25) is 0 Å². The highest BCUT2D eigenvalue weighted by molar-refractivity contribution is 7.19. The van der Waals surface area contributed by atoms with E-state index in [0.29, 0.717) is 19.1 Å². The first-order valence-corrected chi connectivity index (χ1v) is 17.6. The van der Waals surface area contributed by atoms with E-state index in [9.17, 15) is 0 Å². The Morgan fingerprint density at radius 2 is 1.12 bits per heavy atom. The van der Waals surface area contributed by atoms with E-state index in [0.717, 1.165) is 11.2 Å². The van der Waals surface area contributed by atoms with Crippen LogP contribution in [0.2, 0.25) is 0 Å². The van der Waals surface area contributed by atoms with Gasteiger partial charge in [0.25, 0.3) is 0 Å². The Kier molecular flexibility index (Phi) is 8.28. The molecule has 2 fully saturated rings. The molecule has 5 aromatic rings. The third-order valence-corrected chi connectivity index (χ3v) is 13.9. The van der Waals surface area contributed by atoms with Crippen molar-refractivity contribution in [3.63, 3.8) is 0 Å². The molecule has 1 unspecified atom stereocenters. The Hall–Kier alpha value is -3.90. The lowest BCUT2D eigenvalue weighted by Gasteiger charge is -2.34. The zero-order valence-corrected chi connectivity index (χ0v) is 25.5. The number of ether oxygens (including phenoxy) is 1. The molecule has 0 radical (unpaired) electrons. The fourth-order valence-corrected chi connectivity index (χ4v) is 11.7. The van der Waals surface area contributed by atoms with E-state index in [1.54, 1.807) is 0 Å². The first-order valence-electron chi connectivity index (χ1n) is 15.6. The van der Waals surface area contributed by atoms with Crippen molar-refractivity contribution in [1.82, 2.24) is 0 Å². The van der Waals surface area contributed by atoms with Gasteiger partial charge in [-0.1, -0.05) is 140 Å². The average Bonchev–Trinajstić information content (AvgIpc) is 3.80. The van der Waals surface area contributed by atoms with Gasteiger partial charge in [0.1, 0.15) is 12.4 Å². The van der Waals surface area contributed by atoms with Gasteiger partial charge in [-0.15, -0.1) is 0 Å². The summed E-state index contributed by atoms with van der Waals surface area (Å²) in [5.41, 5.74) is 2.47. The van der Waals surface area contributed by atoms with Crippen molar-refractivity contribution in [3.8, 4) is 5.75 Å². The highest BCUT2D eigenvalue weighted by atomic mass is 28.3. The summed E-state index contributed by atoms with van der Waals surface area (Å²) in [5.74, 6) is 1.61. The molecule has 43 heavy (non-hydrogen) atoms. The van der Waals surface area contributed by atoms with Crippen LogP contribution in [0.1, 0.15) is 37.2 Å². The van der Waals surface area contributed by atoms with E-state index in [1.165, 1.54) is 52.0 Å². The highest BCUT2D eigenvalue weighted by Gasteiger charge is 2.42. The Balaban J connectivity index is 1.10. The molecule has 1 aliphatic heterocycles. The molecule has 3 nitrogen and oxygen atoms in total. The second-order valence-electron chi connectivity index (χ2n) is 11.8. The van der Waals surface area contributed by atoms with Crippen LogP contribution in [-0.4, -0.2) is 34.5 Å². The molecule has 1 saturated carbocycles. The van der Waals surface area contributed by atoms with Crippen molar-refractivity contribution in [2.45, 2.75) is 37.7 Å². The molecule has 1 atom stereocenters. The molecule has 2 aliphatic rings. The summed E-state index contributed by atoms with van der Waals surface area (Å²) < 4.78 is 18.5. The van der Waals surface area contributed by atoms with Crippen LogP contribution in [0.4, 0.5) is 0 Å². The lowest BCUT2D eigenvalue weighted by molar-refractivity contribution is 0.148. The minimum absolute atomic E-state index is 0.106. The number of hydrogen-bond acceptors (Lipinski definition) is 3. The van der Waals surface area contributed by atoms with Crippen LogP contribution in [-0.2, 0) is 9.31 Å². The summed E-state index contributed by atoms with van der Waals surface area (Å²) in [6.45, 7) is 0.993. The molecule has 1 saturated heterocycles. The molecule has 7 rings (SSSR count). The topological polar surface area (TPSA) is 27.7 Å². The molecule has 5 heteroatoms. The third kappa shape index (κ3) is 5.73. The van der Waals surface area contributed by atoms with E-state index in [-0.39, 0.29) is 6.10 Å². The van der Waals surface area contributed by atoms with Crippen LogP contribution in [0.3, 0.4) is 0 Å². The fraction of sp³-hybridized carbons (Fsp3) is 0.211. The van der Waals surface area contributed by atoms with Gasteiger partial charge in [0, 0.05) is 0 Å². The molecule has 1 heterocycles. The maximum absolute atomic E-state index is 6.32. The van der Waals surface area contributed by atoms with E-state index in [1.807, 2.05) is 0 Å². The van der Waals surface area contributed by atoms with Crippen molar-refractivity contribution < 1.29 is 14.0 Å². The lowest BCUT2D eigenvalue weighted by atomic mass is 9.79. The predicted molar refractivity (Wildman–Crippen MR) is 179 cm³/mol. The normalized spacial score (nSPS) is 17.3. The molecule has 5 aromatic carbocycles. The molecule has 214 valence electrons. The second-order valence-corrected chi connectivity index (χ2v) is 15.6. The summed E-state index contributed by atoms with van der Waals surface area (Å²) in [4.78, 5) is 0. The van der Waals surface area contributed by atoms with Crippen molar-refractivity contribution in [2.24, 2.45) is 0 Å². The van der Waals surface area contributed by atoms with Crippen molar-refractivity contribution >= 4 is 41.4 Å². The third-order valence-electron chi connectivity index (χ3n) is 9.13. The van der Waals surface area contributed by atoms with E-state index < -0.39 is 15.2 Å². The average molecular weight is 581 g/mol. The molecule has 0 spiro atoms. The predicted octanol–water partition coefficient (Wildman–Crippen LogP) is 4.91. The standard InChI is InChI=1S/C38H37BO3Si/c1-4-14-35(15-5-1)43(36-16-6-2-7-17-36,37-18-8-3-9-19-37)38-26-22-32(23-27-38)39-41-29-34(42-39)28-40-33-24-20-31(21-25-33)30-12-10-11-13-30/h1-9,14-27,30,34H,10-13,28-29H2. The molecule has 0 N–H and O–H groups in total. The Morgan fingerprint density at radius 3 is 1.65 bits per heavy atom. The fourth-order valence-electron chi connectivity index (χ4n) is 6.95. The van der Waals surface area contributed by atoms with E-state index >= 15 is 0 Å². The Labute approximate surface area is 256 Å². The highest BCUT2D eigenvalue weighted by Crippen LogP contribution is 2.34. The summed E-state index contributed by atoms with van der Waals surface area (Å²) in [5, 5.41) is 5.42. The van der Waals surface area contributed by atoms with Gasteiger partial charge in [-0.3, -0.25) is 0 Å². The Bertz CT molecular complexity index is 1490. The molecule has 0 amide bonds. The first-order chi connectivity index (χ1) is 21.3. The van der Waals surface area contributed by atoms with Crippen LogP contribution in [0.5, 0.6) is 5.75 Å². The first kappa shape index (κ1) is 27.9. The number of benzene rings is 5. The summed E-state index contributed by atoms with van der Waals surface area (Å²) in [6, 6.07) is 50.6. The molecule has 0 aromatic heterocycles. The van der Waals surface area contributed by atoms with Crippen molar-refractivity contribution in [2.75, 3.05) is 13.2 Å². The molecular formula is C38H37BO3Si. The van der Waals surface area contributed by atoms with Gasteiger partial charge in [-0.2, -0.15) is 0 Å². The zero-order chi connectivity index (χ0) is 28.9.